The zero-order valence-corrected chi connectivity index (χ0v) is 12.0. The average molecular weight is 280 g/mol. The van der Waals surface area contributed by atoms with Gasteiger partial charge in [0, 0.05) is 6.92 Å². The molecule has 0 spiro atoms. The van der Waals surface area contributed by atoms with Gasteiger partial charge in [0.2, 0.25) is 5.69 Å². The molecule has 3 aromatic heterocycles. The molecule has 0 amide bonds. The molecule has 1 aromatic carbocycles. The first-order chi connectivity index (χ1) is 10.1. The van der Waals surface area contributed by atoms with E-state index in [9.17, 15) is 0 Å². The maximum atomic E-state index is 5.92. The van der Waals surface area contributed by atoms with Crippen LogP contribution in [0.5, 0.6) is 0 Å². The molecular weight excluding hydrogens is 266 g/mol. The maximum absolute atomic E-state index is 5.92. The Morgan fingerprint density at radius 1 is 1.14 bits per heavy atom. The van der Waals surface area contributed by atoms with Crippen LogP contribution in [0.2, 0.25) is 0 Å². The fourth-order valence-corrected chi connectivity index (χ4v) is 2.70. The Balaban J connectivity index is 2.15. The average Bonchev–Trinajstić information content (AvgIpc) is 2.96. The molecule has 0 unspecified atom stereocenters. The van der Waals surface area contributed by atoms with Crippen molar-refractivity contribution < 1.29 is 13.4 Å². The van der Waals surface area contributed by atoms with Gasteiger partial charge in [0.05, 0.1) is 23.3 Å². The molecule has 5 heteroatoms. The van der Waals surface area contributed by atoms with Crippen LogP contribution in [0.4, 0.5) is 0 Å². The van der Waals surface area contributed by atoms with Crippen molar-refractivity contribution in [2.24, 2.45) is 7.05 Å². The first-order valence-corrected chi connectivity index (χ1v) is 6.74. The van der Waals surface area contributed by atoms with E-state index in [0.717, 1.165) is 33.3 Å². The van der Waals surface area contributed by atoms with Crippen LogP contribution in [-0.4, -0.2) is 9.97 Å². The van der Waals surface area contributed by atoms with Crippen LogP contribution in [-0.2, 0) is 7.05 Å². The van der Waals surface area contributed by atoms with E-state index in [1.54, 1.807) is 6.20 Å². The van der Waals surface area contributed by atoms with E-state index in [1.165, 1.54) is 0 Å². The Kier molecular flexibility index (Phi) is 2.39. The molecule has 104 valence electrons. The Morgan fingerprint density at radius 3 is 2.81 bits per heavy atom. The number of benzene rings is 1. The van der Waals surface area contributed by atoms with Gasteiger partial charge in [-0.05, 0) is 18.6 Å². The van der Waals surface area contributed by atoms with Gasteiger partial charge < -0.3 is 8.83 Å². The molecule has 21 heavy (non-hydrogen) atoms. The lowest BCUT2D eigenvalue weighted by Crippen LogP contribution is -2.30. The predicted molar refractivity (Wildman–Crippen MR) is 77.7 cm³/mol. The smallest absolute Gasteiger partial charge is 0.319 e. The number of rotatable bonds is 1. The first kappa shape index (κ1) is 12.1. The van der Waals surface area contributed by atoms with Crippen molar-refractivity contribution in [2.45, 2.75) is 13.8 Å². The number of hydrogen-bond donors (Lipinski definition) is 0. The topological polar surface area (TPSA) is 55.9 Å². The molecule has 0 aliphatic heterocycles. The SMILES string of the molecule is Cc1nc2c(o1)oc1c(-c3cncc[n+]3C)c(C)ccc12. The molecule has 0 N–H and O–H groups in total. The number of fused-ring (bicyclic) bond motifs is 3. The molecule has 0 bridgehead atoms. The van der Waals surface area contributed by atoms with E-state index in [2.05, 4.69) is 23.0 Å². The van der Waals surface area contributed by atoms with Crippen molar-refractivity contribution in [1.82, 2.24) is 9.97 Å². The Morgan fingerprint density at radius 2 is 2.00 bits per heavy atom. The van der Waals surface area contributed by atoms with Crippen LogP contribution in [0.25, 0.3) is 33.5 Å². The minimum absolute atomic E-state index is 0.473. The quantitative estimate of drug-likeness (QED) is 0.503. The molecule has 0 aliphatic carbocycles. The number of nitrogens with zero attached hydrogens (tertiary/aromatic N) is 3. The Hall–Kier alpha value is -2.69. The highest BCUT2D eigenvalue weighted by atomic mass is 16.5. The van der Waals surface area contributed by atoms with E-state index in [1.807, 2.05) is 37.0 Å². The van der Waals surface area contributed by atoms with E-state index >= 15 is 0 Å². The van der Waals surface area contributed by atoms with Crippen LogP contribution in [0, 0.1) is 13.8 Å². The molecule has 0 saturated heterocycles. The summed E-state index contributed by atoms with van der Waals surface area (Å²) in [4.78, 5) is 8.63. The number of aryl methyl sites for hydroxylation is 3. The second-order valence-corrected chi connectivity index (χ2v) is 5.18. The van der Waals surface area contributed by atoms with Gasteiger partial charge in [-0.15, -0.1) is 0 Å². The highest BCUT2D eigenvalue weighted by Gasteiger charge is 2.22. The third kappa shape index (κ3) is 1.67. The fraction of sp³-hybridized carbons (Fsp3) is 0.188. The van der Waals surface area contributed by atoms with Crippen molar-refractivity contribution in [2.75, 3.05) is 0 Å². The molecule has 0 radical (unpaired) electrons. The van der Waals surface area contributed by atoms with Crippen molar-refractivity contribution in [3.8, 4) is 11.3 Å². The van der Waals surface area contributed by atoms with Gasteiger partial charge in [-0.3, -0.25) is 4.98 Å². The summed E-state index contributed by atoms with van der Waals surface area (Å²) in [7, 11) is 1.99. The lowest BCUT2D eigenvalue weighted by Gasteiger charge is -2.04. The van der Waals surface area contributed by atoms with Gasteiger partial charge in [0.1, 0.15) is 7.05 Å². The summed E-state index contributed by atoms with van der Waals surface area (Å²) in [6, 6.07) is 4.10. The van der Waals surface area contributed by atoms with Gasteiger partial charge in [-0.25, -0.2) is 4.98 Å². The van der Waals surface area contributed by atoms with Gasteiger partial charge in [0.25, 0.3) is 0 Å². The van der Waals surface area contributed by atoms with E-state index in [-0.39, 0.29) is 0 Å². The van der Waals surface area contributed by atoms with Crippen molar-refractivity contribution >= 4 is 22.3 Å². The third-order valence-electron chi connectivity index (χ3n) is 3.73. The fourth-order valence-electron chi connectivity index (χ4n) is 2.70. The van der Waals surface area contributed by atoms with Crippen LogP contribution >= 0.6 is 0 Å². The Bertz CT molecular complexity index is 982. The second kappa shape index (κ2) is 4.15. The zero-order chi connectivity index (χ0) is 14.6. The summed E-state index contributed by atoms with van der Waals surface area (Å²) in [5.41, 5.74) is 4.71. The Labute approximate surface area is 120 Å². The zero-order valence-electron chi connectivity index (χ0n) is 12.0. The van der Waals surface area contributed by atoms with Gasteiger partial charge >= 0.3 is 5.78 Å². The summed E-state index contributed by atoms with van der Waals surface area (Å²) in [6.07, 6.45) is 5.52. The van der Waals surface area contributed by atoms with Crippen LogP contribution in [0.1, 0.15) is 11.5 Å². The van der Waals surface area contributed by atoms with Crippen LogP contribution < -0.4 is 4.57 Å². The number of furan rings is 1. The van der Waals surface area contributed by atoms with Gasteiger partial charge in [-0.2, -0.15) is 4.57 Å². The van der Waals surface area contributed by atoms with E-state index in [0.29, 0.717) is 11.7 Å². The molecule has 5 nitrogen and oxygen atoms in total. The minimum atomic E-state index is 0.473. The summed E-state index contributed by atoms with van der Waals surface area (Å²) in [6.45, 7) is 3.88. The molecule has 0 fully saturated rings. The first-order valence-electron chi connectivity index (χ1n) is 6.74. The summed E-state index contributed by atoms with van der Waals surface area (Å²) >= 11 is 0. The number of oxazole rings is 1. The number of hydrogen-bond acceptors (Lipinski definition) is 4. The lowest BCUT2D eigenvalue weighted by atomic mass is 10.0. The molecular formula is C16H14N3O2+. The summed E-state index contributed by atoms with van der Waals surface area (Å²) in [5.74, 6) is 1.08. The number of aromatic nitrogens is 3. The molecule has 3 heterocycles. The van der Waals surface area contributed by atoms with Crippen LogP contribution in [0.3, 0.4) is 0 Å². The van der Waals surface area contributed by atoms with Gasteiger partial charge in [0.15, 0.2) is 23.2 Å². The second-order valence-electron chi connectivity index (χ2n) is 5.18. The third-order valence-corrected chi connectivity index (χ3v) is 3.73. The predicted octanol–water partition coefficient (Wildman–Crippen LogP) is 3.08. The van der Waals surface area contributed by atoms with Crippen molar-refractivity contribution in [3.63, 3.8) is 0 Å². The molecule has 4 aromatic rings. The summed E-state index contributed by atoms with van der Waals surface area (Å²) in [5, 5.41) is 0.964. The standard InChI is InChI=1S/C16H14N3O2/c1-9-4-5-11-14-16(20-10(2)18-14)21-15(11)13(9)12-8-17-6-7-19(12)3/h4-8H,1-3H3/q+1. The monoisotopic (exact) mass is 280 g/mol. The van der Waals surface area contributed by atoms with E-state index < -0.39 is 0 Å². The maximum Gasteiger partial charge on any atom is 0.319 e. The van der Waals surface area contributed by atoms with E-state index in [4.69, 9.17) is 8.83 Å². The lowest BCUT2D eigenvalue weighted by molar-refractivity contribution is -0.660. The minimum Gasteiger partial charge on any atom is -0.423 e. The van der Waals surface area contributed by atoms with Crippen molar-refractivity contribution in [3.05, 3.63) is 42.2 Å². The summed E-state index contributed by atoms with van der Waals surface area (Å²) < 4.78 is 13.5. The normalized spacial score (nSPS) is 11.6. The van der Waals surface area contributed by atoms with Crippen LogP contribution in [0.15, 0.2) is 39.6 Å². The largest absolute Gasteiger partial charge is 0.423 e. The molecule has 0 aliphatic rings. The molecule has 0 atom stereocenters. The van der Waals surface area contributed by atoms with Crippen molar-refractivity contribution in [1.29, 1.82) is 0 Å². The molecule has 4 rings (SSSR count). The van der Waals surface area contributed by atoms with Gasteiger partial charge in [-0.1, -0.05) is 6.07 Å². The highest BCUT2D eigenvalue weighted by molar-refractivity contribution is 6.06. The molecule has 0 saturated carbocycles. The highest BCUT2D eigenvalue weighted by Crippen LogP contribution is 2.36.